The molecule has 3 aliphatic heterocycles. The van der Waals surface area contributed by atoms with Gasteiger partial charge in [-0.3, -0.25) is 25.0 Å². The molecule has 296 valence electrons. The Labute approximate surface area is 340 Å². The first kappa shape index (κ1) is 43.4. The van der Waals surface area contributed by atoms with Gasteiger partial charge in [0.2, 0.25) is 0 Å². The summed E-state index contributed by atoms with van der Waals surface area (Å²) >= 11 is 11.5. The summed E-state index contributed by atoms with van der Waals surface area (Å²) in [6.45, 7) is 5.09. The van der Waals surface area contributed by atoms with E-state index in [1.165, 1.54) is 13.0 Å². The van der Waals surface area contributed by atoms with Crippen LogP contribution in [0, 0.1) is 31.6 Å². The number of hydrogen-bond donors (Lipinski definition) is 2. The summed E-state index contributed by atoms with van der Waals surface area (Å²) in [5, 5.41) is 44.2. The second-order valence-corrected chi connectivity index (χ2v) is 13.3. The minimum atomic E-state index is -0.748. The third-order valence-electron chi connectivity index (χ3n) is 8.69. The van der Waals surface area contributed by atoms with Crippen molar-refractivity contribution >= 4 is 35.6 Å². The molecule has 2 saturated heterocycles. The van der Waals surface area contributed by atoms with E-state index in [0.29, 0.717) is 61.1 Å². The molecule has 2 N–H and O–H groups in total. The zero-order chi connectivity index (χ0) is 41.2. The molecule has 17 heteroatoms. The number of nitro groups is 2. The molecule has 0 amide bonds. The summed E-state index contributed by atoms with van der Waals surface area (Å²) in [5.74, 6) is 0.582. The molecule has 0 saturated carbocycles. The number of aliphatic hydroxyl groups is 1. The summed E-state index contributed by atoms with van der Waals surface area (Å²) in [4.78, 5) is 45.2. The molecule has 3 aliphatic rings. The van der Waals surface area contributed by atoms with E-state index in [-0.39, 0.29) is 10.6 Å². The largest absolute Gasteiger partial charge is 0.374 e. The number of halogens is 2. The Morgan fingerprint density at radius 2 is 1.47 bits per heavy atom. The van der Waals surface area contributed by atoms with Crippen LogP contribution in [0.4, 0.5) is 0 Å². The number of aldehydes is 1. The number of nitrogens with zero attached hydrogens (tertiary/aromatic N) is 8. The highest BCUT2D eigenvalue weighted by molar-refractivity contribution is 6.29. The minimum absolute atomic E-state index is 0.144. The van der Waals surface area contributed by atoms with Gasteiger partial charge in [0, 0.05) is 65.0 Å². The normalized spacial score (nSPS) is 17.5. The van der Waals surface area contributed by atoms with E-state index in [9.17, 15) is 30.1 Å². The molecule has 0 radical (unpaired) electrons. The van der Waals surface area contributed by atoms with Crippen LogP contribution in [-0.4, -0.2) is 78.3 Å². The minimum Gasteiger partial charge on any atom is -0.374 e. The summed E-state index contributed by atoms with van der Waals surface area (Å²) in [5.41, 5.74) is 3.91. The Bertz CT molecular complexity index is 2060. The van der Waals surface area contributed by atoms with Gasteiger partial charge in [0.05, 0.1) is 21.8 Å². The van der Waals surface area contributed by atoms with Crippen molar-refractivity contribution in [2.75, 3.05) is 26.2 Å². The lowest BCUT2D eigenvalue weighted by atomic mass is 9.89. The van der Waals surface area contributed by atoms with Crippen LogP contribution in [0.3, 0.4) is 0 Å². The Balaban J connectivity index is 0.000000204. The third kappa shape index (κ3) is 13.1. The van der Waals surface area contributed by atoms with Crippen molar-refractivity contribution in [3.05, 3.63) is 180 Å². The van der Waals surface area contributed by atoms with Gasteiger partial charge < -0.3 is 25.1 Å². The van der Waals surface area contributed by atoms with E-state index in [0.717, 1.165) is 41.3 Å². The first-order valence-corrected chi connectivity index (χ1v) is 18.5. The Morgan fingerprint density at radius 3 is 2.00 bits per heavy atom. The van der Waals surface area contributed by atoms with Gasteiger partial charge >= 0.3 is 0 Å². The van der Waals surface area contributed by atoms with E-state index < -0.39 is 17.1 Å². The van der Waals surface area contributed by atoms with Gasteiger partial charge in [0.25, 0.3) is 11.9 Å². The molecule has 4 aromatic rings. The first-order chi connectivity index (χ1) is 27.5. The quantitative estimate of drug-likeness (QED) is 0.0616. The number of hydrogen-bond acceptors (Lipinski definition) is 13. The predicted molar refractivity (Wildman–Crippen MR) is 216 cm³/mol. The Morgan fingerprint density at radius 1 is 0.895 bits per heavy atom. The average molecular weight is 815 g/mol. The highest BCUT2D eigenvalue weighted by Gasteiger charge is 2.46. The maximum Gasteiger partial charge on any atom is 0.293 e. The highest BCUT2D eigenvalue weighted by Crippen LogP contribution is 2.41. The molecule has 2 aromatic heterocycles. The van der Waals surface area contributed by atoms with E-state index in [1.54, 1.807) is 41.6 Å². The Kier molecular flexibility index (Phi) is 17.0. The molecular weight excluding hydrogens is 773 g/mol. The zero-order valence-corrected chi connectivity index (χ0v) is 32.5. The molecular formula is C40H41Cl2N9O6. The summed E-state index contributed by atoms with van der Waals surface area (Å²) in [7, 11) is 0. The van der Waals surface area contributed by atoms with Crippen molar-refractivity contribution in [2.24, 2.45) is 0 Å². The van der Waals surface area contributed by atoms with Crippen LogP contribution in [0.5, 0.6) is 0 Å². The molecule has 5 heterocycles. The van der Waals surface area contributed by atoms with Crippen LogP contribution in [0.2, 0.25) is 10.3 Å². The van der Waals surface area contributed by atoms with Gasteiger partial charge in [-0.1, -0.05) is 102 Å². The molecule has 0 aliphatic carbocycles. The predicted octanol–water partition coefficient (Wildman–Crippen LogP) is 6.45. The number of pyridine rings is 2. The fraction of sp³-hybridized carbons (Fsp3) is 0.250. The van der Waals surface area contributed by atoms with Crippen molar-refractivity contribution in [3.8, 4) is 6.07 Å². The van der Waals surface area contributed by atoms with Gasteiger partial charge in [-0.05, 0) is 40.5 Å². The zero-order valence-electron chi connectivity index (χ0n) is 31.0. The average Bonchev–Trinajstić information content (AvgIpc) is 3.83. The van der Waals surface area contributed by atoms with E-state index in [1.807, 2.05) is 82.6 Å². The van der Waals surface area contributed by atoms with Crippen molar-refractivity contribution in [1.29, 1.82) is 5.26 Å². The number of benzene rings is 2. The van der Waals surface area contributed by atoms with Gasteiger partial charge in [-0.15, -0.1) is 0 Å². The van der Waals surface area contributed by atoms with Crippen molar-refractivity contribution in [1.82, 2.24) is 30.0 Å². The number of fused-ring (bicyclic) bond motifs is 1. The van der Waals surface area contributed by atoms with Crippen molar-refractivity contribution in [3.63, 3.8) is 0 Å². The third-order valence-corrected chi connectivity index (χ3v) is 9.14. The van der Waals surface area contributed by atoms with Crippen LogP contribution < -0.4 is 5.32 Å². The maximum atomic E-state index is 12.0. The number of nitrogens with one attached hydrogen (secondary N) is 1. The van der Waals surface area contributed by atoms with Gasteiger partial charge in [0.15, 0.2) is 11.6 Å². The van der Waals surface area contributed by atoms with Crippen molar-refractivity contribution in [2.45, 2.75) is 38.6 Å². The van der Waals surface area contributed by atoms with Gasteiger partial charge in [0.1, 0.15) is 22.8 Å². The number of rotatable bonds is 9. The smallest absolute Gasteiger partial charge is 0.293 e. The number of nitriles is 1. The van der Waals surface area contributed by atoms with Crippen molar-refractivity contribution < 1.29 is 19.7 Å². The lowest BCUT2D eigenvalue weighted by Crippen LogP contribution is -2.41. The van der Waals surface area contributed by atoms with Crippen LogP contribution >= 0.6 is 23.2 Å². The summed E-state index contributed by atoms with van der Waals surface area (Å²) < 4.78 is 0. The molecule has 2 atom stereocenters. The maximum absolute atomic E-state index is 12.0. The number of aliphatic hydroxyl groups excluding tert-OH is 1. The molecule has 2 fully saturated rings. The van der Waals surface area contributed by atoms with E-state index in [2.05, 4.69) is 15.3 Å². The van der Waals surface area contributed by atoms with Crippen LogP contribution in [0.1, 0.15) is 41.5 Å². The van der Waals surface area contributed by atoms with Crippen LogP contribution in [-0.2, 0) is 17.9 Å². The second kappa shape index (κ2) is 22.3. The molecule has 0 bridgehead atoms. The highest BCUT2D eigenvalue weighted by atomic mass is 35.5. The fourth-order valence-corrected chi connectivity index (χ4v) is 6.49. The molecule has 2 unspecified atom stereocenters. The Hall–Kier alpha value is -6.34. The topological polar surface area (TPSA) is 195 Å². The fourth-order valence-electron chi connectivity index (χ4n) is 6.27. The molecule has 7 rings (SSSR count). The monoisotopic (exact) mass is 813 g/mol. The summed E-state index contributed by atoms with van der Waals surface area (Å²) in [6, 6.07) is 27.9. The van der Waals surface area contributed by atoms with Crippen LogP contribution in [0.25, 0.3) is 6.08 Å². The molecule has 15 nitrogen and oxygen atoms in total. The first-order valence-electron chi connectivity index (χ1n) is 17.7. The SMILES string of the molecule is CC#N.O=C/C=C/c1ccccc1.O=[N+]([O-])/C=C1/NCCN1Cc1ccc(Cl)nc1.O=[N+]([O-])C1=C2N(Cc3ccc(Cl)nc3)CCN2C(O)CC1c1ccccc1. The van der Waals surface area contributed by atoms with Crippen LogP contribution in [0.15, 0.2) is 127 Å². The van der Waals surface area contributed by atoms with E-state index in [4.69, 9.17) is 28.5 Å². The lowest BCUT2D eigenvalue weighted by molar-refractivity contribution is -0.436. The number of aromatic nitrogens is 2. The molecule has 0 spiro atoms. The standard InChI is InChI=1S/C19H19ClN4O3.C10H11ClN4O2.C9H8O.C2H3N/c20-16-7-6-13(11-21-16)12-22-8-9-23-17(25)10-15(14-4-2-1-3-5-14)18(19(22)23)24(26)27;11-9-2-1-8(5-13-9)6-14-4-3-12-10(14)7-15(16)17;10-8-4-7-9-5-2-1-3-6-9;1-2-3/h1-7,11,15,17,25H,8-10,12H2;1-2,5,7,12H,3-4,6H2;1-8H;1H3/b;10-7-;7-4+;. The van der Waals surface area contributed by atoms with Gasteiger partial charge in [-0.25, -0.2) is 9.97 Å². The van der Waals surface area contributed by atoms with Gasteiger partial charge in [-0.2, -0.15) is 5.26 Å². The second-order valence-electron chi connectivity index (χ2n) is 12.5. The lowest BCUT2D eigenvalue weighted by Gasteiger charge is -2.35. The number of allylic oxidation sites excluding steroid dienone is 2. The van der Waals surface area contributed by atoms with E-state index >= 15 is 0 Å². The number of carbonyl (C=O) groups is 1. The summed E-state index contributed by atoms with van der Waals surface area (Å²) in [6.07, 6.45) is 7.91. The number of carbonyl (C=O) groups excluding carboxylic acids is 1. The molecule has 57 heavy (non-hydrogen) atoms. The molecule has 2 aromatic carbocycles.